The molecule has 1 aliphatic rings. The Morgan fingerprint density at radius 1 is 1.50 bits per heavy atom. The van der Waals surface area contributed by atoms with Gasteiger partial charge < -0.3 is 14.9 Å². The lowest BCUT2D eigenvalue weighted by Crippen LogP contribution is -2.14. The second-order valence-electron chi connectivity index (χ2n) is 2.75. The Balaban J connectivity index is 2.30. The third-order valence-corrected chi connectivity index (χ3v) is 2.44. The van der Waals surface area contributed by atoms with E-state index in [1.807, 2.05) is 0 Å². The summed E-state index contributed by atoms with van der Waals surface area (Å²) in [7, 11) is -3.99. The smallest absolute Gasteiger partial charge is 0.328 e. The van der Waals surface area contributed by atoms with Crippen molar-refractivity contribution in [1.29, 1.82) is 0 Å². The maximum atomic E-state index is 10.3. The lowest BCUT2D eigenvalue weighted by Gasteiger charge is -2.08. The Labute approximate surface area is 59.0 Å². The molecule has 1 saturated carbocycles. The topological polar surface area (TPSA) is 77.8 Å². The Morgan fingerprint density at radius 3 is 2.30 bits per heavy atom. The highest BCUT2D eigenvalue weighted by molar-refractivity contribution is 7.51. The molecule has 0 unspecified atom stereocenters. The molecule has 0 aliphatic heterocycles. The van der Waals surface area contributed by atoms with Gasteiger partial charge in [-0.25, -0.2) is 0 Å². The van der Waals surface area contributed by atoms with Gasteiger partial charge in [0.1, 0.15) is 0 Å². The van der Waals surface area contributed by atoms with E-state index in [0.29, 0.717) is 0 Å². The average Bonchev–Trinajstić information content (AvgIpc) is 2.35. The van der Waals surface area contributed by atoms with Crippen LogP contribution in [0.2, 0.25) is 0 Å². The average molecular weight is 166 g/mol. The molecule has 1 aliphatic carbocycles. The van der Waals surface area contributed by atoms with E-state index in [1.54, 1.807) is 0 Å². The highest BCUT2D eigenvalue weighted by Gasteiger charge is 2.33. The molecular weight excluding hydrogens is 155 g/mol. The number of hydrogen-bond acceptors (Lipinski definition) is 2. The predicted octanol–water partition coefficient (Wildman–Crippen LogP) is -0.0650. The largest absolute Gasteiger partial charge is 0.392 e. The molecule has 10 heavy (non-hydrogen) atoms. The summed E-state index contributed by atoms with van der Waals surface area (Å²) in [6.07, 6.45) is 0.640. The van der Waals surface area contributed by atoms with Crippen molar-refractivity contribution in [2.24, 2.45) is 5.92 Å². The van der Waals surface area contributed by atoms with E-state index in [1.165, 1.54) is 0 Å². The van der Waals surface area contributed by atoms with Gasteiger partial charge in [0, 0.05) is 0 Å². The fourth-order valence-electron chi connectivity index (χ4n) is 0.874. The summed E-state index contributed by atoms with van der Waals surface area (Å²) in [6.45, 7) is 0. The Morgan fingerprint density at radius 2 is 2.00 bits per heavy atom. The van der Waals surface area contributed by atoms with Crippen LogP contribution in [0.5, 0.6) is 0 Å². The Bertz CT molecular complexity index is 159. The molecule has 1 fully saturated rings. The fourth-order valence-corrected chi connectivity index (χ4v) is 1.66. The van der Waals surface area contributed by atoms with Gasteiger partial charge >= 0.3 is 7.60 Å². The molecule has 0 aromatic heterocycles. The van der Waals surface area contributed by atoms with Gasteiger partial charge in [-0.2, -0.15) is 0 Å². The molecule has 4 nitrogen and oxygen atoms in total. The summed E-state index contributed by atoms with van der Waals surface area (Å²) in [5, 5.41) is 9.03. The first-order valence-corrected chi connectivity index (χ1v) is 5.01. The molecule has 0 aromatic carbocycles. The minimum absolute atomic E-state index is 0.146. The van der Waals surface area contributed by atoms with Gasteiger partial charge in [-0.05, 0) is 18.8 Å². The first-order valence-electron chi connectivity index (χ1n) is 3.22. The molecule has 0 amide bonds. The van der Waals surface area contributed by atoms with Gasteiger partial charge in [0.2, 0.25) is 0 Å². The molecule has 3 N–H and O–H groups in total. The third kappa shape index (κ3) is 2.80. The normalized spacial score (nSPS) is 22.7. The molecule has 1 atom stereocenters. The zero-order chi connectivity index (χ0) is 7.78. The van der Waals surface area contributed by atoms with E-state index < -0.39 is 13.7 Å². The zero-order valence-electron chi connectivity index (χ0n) is 5.47. The molecule has 0 radical (unpaired) electrons. The fraction of sp³-hybridized carbons (Fsp3) is 1.00. The standard InChI is InChI=1S/C5H11O4P/c6-5(4-1-2-4)3-10(7,8)9/h4-6H,1-3H2,(H2,7,8,9)/t5-/m0/s1. The van der Waals surface area contributed by atoms with Crippen molar-refractivity contribution < 1.29 is 19.5 Å². The summed E-state index contributed by atoms with van der Waals surface area (Å²) in [6, 6.07) is 0. The lowest BCUT2D eigenvalue weighted by atomic mass is 10.3. The van der Waals surface area contributed by atoms with Crippen LogP contribution in [0.4, 0.5) is 0 Å². The van der Waals surface area contributed by atoms with Crippen LogP contribution >= 0.6 is 7.60 Å². The van der Waals surface area contributed by atoms with Gasteiger partial charge in [0.25, 0.3) is 0 Å². The molecule has 60 valence electrons. The summed E-state index contributed by atoms with van der Waals surface area (Å²) in [5.74, 6) is 0.146. The number of aliphatic hydroxyl groups excluding tert-OH is 1. The molecule has 1 rings (SSSR count). The summed E-state index contributed by atoms with van der Waals surface area (Å²) < 4.78 is 10.3. The number of rotatable bonds is 3. The molecule has 0 spiro atoms. The van der Waals surface area contributed by atoms with E-state index in [0.717, 1.165) is 12.8 Å². The van der Waals surface area contributed by atoms with Crippen molar-refractivity contribution in [1.82, 2.24) is 0 Å². The first kappa shape index (κ1) is 8.21. The van der Waals surface area contributed by atoms with Crippen LogP contribution in [-0.2, 0) is 4.57 Å². The Kier molecular flexibility index (Phi) is 2.15. The van der Waals surface area contributed by atoms with Crippen LogP contribution in [0.3, 0.4) is 0 Å². The highest BCUT2D eigenvalue weighted by Crippen LogP contribution is 2.41. The minimum Gasteiger partial charge on any atom is -0.392 e. The van der Waals surface area contributed by atoms with Crippen molar-refractivity contribution in [2.75, 3.05) is 6.16 Å². The first-order chi connectivity index (χ1) is 4.49. The van der Waals surface area contributed by atoms with E-state index in [2.05, 4.69) is 0 Å². The van der Waals surface area contributed by atoms with Crippen molar-refractivity contribution in [2.45, 2.75) is 18.9 Å². The molecule has 5 heteroatoms. The van der Waals surface area contributed by atoms with E-state index in [-0.39, 0.29) is 12.1 Å². The molecule has 0 heterocycles. The quantitative estimate of drug-likeness (QED) is 0.513. The van der Waals surface area contributed by atoms with Crippen molar-refractivity contribution in [3.05, 3.63) is 0 Å². The van der Waals surface area contributed by atoms with E-state index in [9.17, 15) is 4.57 Å². The Hall–Kier alpha value is 0.110. The molecule has 0 bridgehead atoms. The SMILES string of the molecule is O=P(O)(O)C[C@H](O)C1CC1. The van der Waals surface area contributed by atoms with E-state index >= 15 is 0 Å². The van der Waals surface area contributed by atoms with Gasteiger partial charge in [-0.15, -0.1) is 0 Å². The number of aliphatic hydroxyl groups is 1. The van der Waals surface area contributed by atoms with Gasteiger partial charge in [0.05, 0.1) is 12.3 Å². The van der Waals surface area contributed by atoms with Gasteiger partial charge in [-0.3, -0.25) is 4.57 Å². The van der Waals surface area contributed by atoms with Crippen LogP contribution < -0.4 is 0 Å². The van der Waals surface area contributed by atoms with Crippen LogP contribution in [0.25, 0.3) is 0 Å². The predicted molar refractivity (Wildman–Crippen MR) is 35.6 cm³/mol. The molecular formula is C5H11O4P. The second kappa shape index (κ2) is 2.62. The van der Waals surface area contributed by atoms with Crippen LogP contribution in [-0.4, -0.2) is 27.2 Å². The highest BCUT2D eigenvalue weighted by atomic mass is 31.2. The molecule has 0 saturated heterocycles. The van der Waals surface area contributed by atoms with Crippen LogP contribution in [0.15, 0.2) is 0 Å². The van der Waals surface area contributed by atoms with Crippen molar-refractivity contribution in [3.8, 4) is 0 Å². The maximum Gasteiger partial charge on any atom is 0.328 e. The van der Waals surface area contributed by atoms with Gasteiger partial charge in [-0.1, -0.05) is 0 Å². The number of hydrogen-bond donors (Lipinski definition) is 3. The van der Waals surface area contributed by atoms with Gasteiger partial charge in [0.15, 0.2) is 0 Å². The summed E-state index contributed by atoms with van der Waals surface area (Å²) >= 11 is 0. The van der Waals surface area contributed by atoms with E-state index in [4.69, 9.17) is 14.9 Å². The minimum atomic E-state index is -3.99. The third-order valence-electron chi connectivity index (χ3n) is 1.59. The second-order valence-corrected chi connectivity index (χ2v) is 4.45. The van der Waals surface area contributed by atoms with Crippen LogP contribution in [0, 0.1) is 5.92 Å². The maximum absolute atomic E-state index is 10.3. The zero-order valence-corrected chi connectivity index (χ0v) is 6.37. The van der Waals surface area contributed by atoms with Crippen LogP contribution in [0.1, 0.15) is 12.8 Å². The summed E-state index contributed by atoms with van der Waals surface area (Å²) in [5.41, 5.74) is 0. The summed E-state index contributed by atoms with van der Waals surface area (Å²) in [4.78, 5) is 16.8. The van der Waals surface area contributed by atoms with Crippen molar-refractivity contribution >= 4 is 7.60 Å². The molecule has 0 aromatic rings. The monoisotopic (exact) mass is 166 g/mol. The lowest BCUT2D eigenvalue weighted by molar-refractivity contribution is 0.166. The van der Waals surface area contributed by atoms with Crippen molar-refractivity contribution in [3.63, 3.8) is 0 Å².